The number of aromatic nitrogens is 4. The van der Waals surface area contributed by atoms with Crippen LogP contribution in [0.2, 0.25) is 5.02 Å². The van der Waals surface area contributed by atoms with Crippen molar-refractivity contribution in [2.24, 2.45) is 0 Å². The number of hydrogen-bond acceptors (Lipinski definition) is 4. The van der Waals surface area contributed by atoms with Crippen LogP contribution in [0.4, 0.5) is 26.3 Å². The molecule has 0 aliphatic rings. The third kappa shape index (κ3) is 5.40. The standard InChI is InChI=1S/C27H17ClF6N4O/c1-15-2-6-17(7-3-15)21-22(18-8-12-20(28)13-9-18)24(37-38-23(21)35-36-25(38)27(32,33)34)39-14-16-4-10-19(11-5-16)26(29,30)31/h2-13H,14H2,1H3. The van der Waals surface area contributed by atoms with Crippen LogP contribution in [-0.4, -0.2) is 19.8 Å². The van der Waals surface area contributed by atoms with Gasteiger partial charge in [-0.3, -0.25) is 0 Å². The molecule has 0 saturated heterocycles. The molecule has 0 saturated carbocycles. The number of ether oxygens (including phenoxy) is 1. The molecule has 0 amide bonds. The second-order valence-electron chi connectivity index (χ2n) is 8.67. The first-order chi connectivity index (χ1) is 18.4. The van der Waals surface area contributed by atoms with Crippen LogP contribution in [0, 0.1) is 6.92 Å². The van der Waals surface area contributed by atoms with E-state index < -0.39 is 23.7 Å². The van der Waals surface area contributed by atoms with Gasteiger partial charge in [0.05, 0.1) is 11.1 Å². The minimum atomic E-state index is -4.87. The van der Waals surface area contributed by atoms with E-state index in [1.54, 1.807) is 48.5 Å². The smallest absolute Gasteiger partial charge is 0.453 e. The summed E-state index contributed by atoms with van der Waals surface area (Å²) in [6.45, 7) is 1.59. The van der Waals surface area contributed by atoms with Gasteiger partial charge in [-0.25, -0.2) is 0 Å². The van der Waals surface area contributed by atoms with Gasteiger partial charge in [0.2, 0.25) is 5.88 Å². The summed E-state index contributed by atoms with van der Waals surface area (Å²) >= 11 is 6.07. The van der Waals surface area contributed by atoms with E-state index in [1.807, 2.05) is 6.92 Å². The Labute approximate surface area is 222 Å². The number of fused-ring (bicyclic) bond motifs is 1. The summed E-state index contributed by atoms with van der Waals surface area (Å²) in [4.78, 5) is 0. The first kappa shape index (κ1) is 26.5. The average molecular weight is 563 g/mol. The largest absolute Gasteiger partial charge is 0.471 e. The van der Waals surface area contributed by atoms with Crippen molar-refractivity contribution in [3.05, 3.63) is 100 Å². The molecule has 0 radical (unpaired) electrons. The van der Waals surface area contributed by atoms with Crippen LogP contribution in [-0.2, 0) is 19.0 Å². The Morgan fingerprint density at radius 1 is 0.744 bits per heavy atom. The minimum absolute atomic E-state index is 0.155. The maximum Gasteiger partial charge on any atom is 0.453 e. The predicted molar refractivity (Wildman–Crippen MR) is 132 cm³/mol. The van der Waals surface area contributed by atoms with Crippen molar-refractivity contribution in [2.75, 3.05) is 0 Å². The van der Waals surface area contributed by atoms with Gasteiger partial charge in [-0.2, -0.15) is 30.9 Å². The highest BCUT2D eigenvalue weighted by Crippen LogP contribution is 2.42. The molecule has 0 N–H and O–H groups in total. The SMILES string of the molecule is Cc1ccc(-c2c(-c3ccc(Cl)cc3)c(OCc3ccc(C(F)(F)F)cc3)nn3c(C(F)(F)F)nnc23)cc1. The number of rotatable bonds is 5. The van der Waals surface area contributed by atoms with E-state index in [2.05, 4.69) is 15.3 Å². The average Bonchev–Trinajstić information content (AvgIpc) is 3.32. The van der Waals surface area contributed by atoms with Crippen LogP contribution < -0.4 is 4.74 Å². The zero-order chi connectivity index (χ0) is 27.9. The first-order valence-electron chi connectivity index (χ1n) is 11.4. The number of hydrogen-bond donors (Lipinski definition) is 0. The molecule has 5 nitrogen and oxygen atoms in total. The van der Waals surface area contributed by atoms with Gasteiger partial charge in [0, 0.05) is 10.6 Å². The van der Waals surface area contributed by atoms with Crippen molar-refractivity contribution in [1.82, 2.24) is 19.8 Å². The van der Waals surface area contributed by atoms with Gasteiger partial charge in [-0.1, -0.05) is 65.7 Å². The predicted octanol–water partition coefficient (Wildman–Crippen LogP) is 8.04. The van der Waals surface area contributed by atoms with Gasteiger partial charge in [-0.05, 0) is 47.9 Å². The summed E-state index contributed by atoms with van der Waals surface area (Å²) in [6.07, 6.45) is -9.39. The lowest BCUT2D eigenvalue weighted by Crippen LogP contribution is -2.14. The van der Waals surface area contributed by atoms with E-state index in [4.69, 9.17) is 16.3 Å². The second-order valence-corrected chi connectivity index (χ2v) is 9.10. The molecule has 2 heterocycles. The third-order valence-corrected chi connectivity index (χ3v) is 6.15. The number of alkyl halides is 6. The topological polar surface area (TPSA) is 52.3 Å². The fraction of sp³-hybridized carbons (Fsp3) is 0.148. The highest BCUT2D eigenvalue weighted by molar-refractivity contribution is 6.30. The molecule has 3 aromatic carbocycles. The lowest BCUT2D eigenvalue weighted by atomic mass is 9.95. The molecule has 2 aromatic heterocycles. The zero-order valence-corrected chi connectivity index (χ0v) is 20.7. The monoisotopic (exact) mass is 562 g/mol. The molecule has 200 valence electrons. The minimum Gasteiger partial charge on any atom is -0.471 e. The van der Waals surface area contributed by atoms with Crippen LogP contribution in [0.5, 0.6) is 5.88 Å². The molecule has 12 heteroatoms. The quantitative estimate of drug-likeness (QED) is 0.203. The van der Waals surface area contributed by atoms with Crippen LogP contribution >= 0.6 is 11.6 Å². The van der Waals surface area contributed by atoms with E-state index in [1.165, 1.54) is 12.1 Å². The van der Waals surface area contributed by atoms with Crippen molar-refractivity contribution in [2.45, 2.75) is 25.9 Å². The van der Waals surface area contributed by atoms with Crippen LogP contribution in [0.25, 0.3) is 27.9 Å². The van der Waals surface area contributed by atoms with Gasteiger partial charge in [-0.15, -0.1) is 15.3 Å². The van der Waals surface area contributed by atoms with Crippen LogP contribution in [0.15, 0.2) is 72.8 Å². The maximum atomic E-state index is 13.8. The fourth-order valence-corrected chi connectivity index (χ4v) is 4.11. The van der Waals surface area contributed by atoms with Crippen molar-refractivity contribution < 1.29 is 31.1 Å². The summed E-state index contributed by atoms with van der Waals surface area (Å²) in [5.74, 6) is -1.56. The Morgan fingerprint density at radius 3 is 1.92 bits per heavy atom. The molecule has 0 fully saturated rings. The molecular formula is C27H17ClF6N4O. The van der Waals surface area contributed by atoms with Gasteiger partial charge < -0.3 is 4.74 Å². The van der Waals surface area contributed by atoms with Gasteiger partial charge in [0.1, 0.15) is 6.61 Å². The molecule has 39 heavy (non-hydrogen) atoms. The van der Waals surface area contributed by atoms with E-state index >= 15 is 0 Å². The molecule has 0 unspecified atom stereocenters. The molecule has 5 rings (SSSR count). The molecule has 0 spiro atoms. The van der Waals surface area contributed by atoms with Crippen molar-refractivity contribution in [3.8, 4) is 28.1 Å². The van der Waals surface area contributed by atoms with Gasteiger partial charge in [0.25, 0.3) is 5.82 Å². The van der Waals surface area contributed by atoms with E-state index in [-0.39, 0.29) is 23.7 Å². The van der Waals surface area contributed by atoms with Crippen molar-refractivity contribution in [3.63, 3.8) is 0 Å². The molecule has 0 aliphatic heterocycles. The Kier molecular flexibility index (Phi) is 6.71. The Hall–Kier alpha value is -4.12. The fourth-order valence-electron chi connectivity index (χ4n) is 3.99. The second kappa shape index (κ2) is 9.88. The molecular weight excluding hydrogens is 546 g/mol. The summed E-state index contributed by atoms with van der Waals surface area (Å²) in [6, 6.07) is 17.8. The lowest BCUT2D eigenvalue weighted by molar-refractivity contribution is -0.146. The summed E-state index contributed by atoms with van der Waals surface area (Å²) in [5, 5.41) is 11.7. The zero-order valence-electron chi connectivity index (χ0n) is 20.0. The van der Waals surface area contributed by atoms with E-state index in [9.17, 15) is 26.3 Å². The summed E-state index contributed by atoms with van der Waals surface area (Å²) < 4.78 is 86.8. The van der Waals surface area contributed by atoms with Crippen LogP contribution in [0.1, 0.15) is 22.5 Å². The molecule has 5 aromatic rings. The summed E-state index contributed by atoms with van der Waals surface area (Å²) in [5.41, 5.74) is 1.92. The highest BCUT2D eigenvalue weighted by Gasteiger charge is 2.39. The molecule has 0 atom stereocenters. The summed E-state index contributed by atoms with van der Waals surface area (Å²) in [7, 11) is 0. The van der Waals surface area contributed by atoms with Gasteiger partial charge in [0.15, 0.2) is 5.65 Å². The van der Waals surface area contributed by atoms with Gasteiger partial charge >= 0.3 is 12.4 Å². The van der Waals surface area contributed by atoms with Crippen molar-refractivity contribution >= 4 is 17.2 Å². The Bertz CT molecular complexity index is 1630. The van der Waals surface area contributed by atoms with Crippen LogP contribution in [0.3, 0.4) is 0 Å². The third-order valence-electron chi connectivity index (χ3n) is 5.90. The highest BCUT2D eigenvalue weighted by atomic mass is 35.5. The molecule has 0 bridgehead atoms. The lowest BCUT2D eigenvalue weighted by Gasteiger charge is -2.17. The first-order valence-corrected chi connectivity index (χ1v) is 11.8. The number of aryl methyl sites for hydroxylation is 1. The Morgan fingerprint density at radius 2 is 1.33 bits per heavy atom. The molecule has 0 aliphatic carbocycles. The van der Waals surface area contributed by atoms with E-state index in [0.29, 0.717) is 31.8 Å². The normalized spacial score (nSPS) is 12.2. The van der Waals surface area contributed by atoms with Crippen molar-refractivity contribution in [1.29, 1.82) is 0 Å². The maximum absolute atomic E-state index is 13.8. The number of halogens is 7. The number of benzene rings is 3. The van der Waals surface area contributed by atoms with E-state index in [0.717, 1.165) is 17.7 Å². The number of nitrogens with zero attached hydrogens (tertiary/aromatic N) is 4. The Balaban J connectivity index is 1.72.